The highest BCUT2D eigenvalue weighted by Gasteiger charge is 2.39. The Morgan fingerprint density at radius 1 is 1.19 bits per heavy atom. The maximum Gasteiger partial charge on any atom is 0.0729 e. The third-order valence-electron chi connectivity index (χ3n) is 3.84. The second kappa shape index (κ2) is 4.55. The Bertz CT molecular complexity index is 331. The molecule has 3 rings (SSSR count). The van der Waals surface area contributed by atoms with Crippen molar-refractivity contribution < 1.29 is 0 Å². The molecule has 0 aromatic carbocycles. The van der Waals surface area contributed by atoms with E-state index >= 15 is 0 Å². The zero-order chi connectivity index (χ0) is 10.3. The molecule has 3 atom stereocenters. The zero-order valence-corrected chi connectivity index (χ0v) is 9.94. The van der Waals surface area contributed by atoms with Crippen LogP contribution in [0.4, 0.5) is 5.69 Å². The second-order valence-corrected chi connectivity index (χ2v) is 4.68. The Morgan fingerprint density at radius 2 is 1.88 bits per heavy atom. The molecule has 0 radical (unpaired) electrons. The van der Waals surface area contributed by atoms with E-state index in [1.54, 1.807) is 6.20 Å². The summed E-state index contributed by atoms with van der Waals surface area (Å²) in [7, 11) is 0. The maximum atomic E-state index is 6.17. The summed E-state index contributed by atoms with van der Waals surface area (Å²) in [5.41, 5.74) is 7.36. The van der Waals surface area contributed by atoms with Crippen LogP contribution in [0.15, 0.2) is 18.5 Å². The summed E-state index contributed by atoms with van der Waals surface area (Å²) in [5.74, 6) is 1.36. The van der Waals surface area contributed by atoms with Crippen molar-refractivity contribution in [2.45, 2.75) is 18.9 Å². The summed E-state index contributed by atoms with van der Waals surface area (Å²) in [6.07, 6.45) is 6.18. The van der Waals surface area contributed by atoms with E-state index < -0.39 is 0 Å². The molecule has 88 valence electrons. The van der Waals surface area contributed by atoms with Crippen molar-refractivity contribution in [2.24, 2.45) is 17.6 Å². The van der Waals surface area contributed by atoms with Crippen LogP contribution in [0, 0.1) is 11.8 Å². The van der Waals surface area contributed by atoms with Gasteiger partial charge in [0.1, 0.15) is 0 Å². The fourth-order valence-electron chi connectivity index (χ4n) is 2.95. The molecule has 1 saturated heterocycles. The molecule has 1 saturated carbocycles. The molecule has 1 aromatic heterocycles. The van der Waals surface area contributed by atoms with Gasteiger partial charge in [0.05, 0.1) is 18.1 Å². The van der Waals surface area contributed by atoms with Crippen LogP contribution in [-0.2, 0) is 0 Å². The molecule has 2 fully saturated rings. The van der Waals surface area contributed by atoms with Gasteiger partial charge in [-0.15, -0.1) is 12.4 Å². The van der Waals surface area contributed by atoms with E-state index in [4.69, 9.17) is 5.73 Å². The minimum absolute atomic E-state index is 0. The number of hydrogen-bond donors (Lipinski definition) is 1. The summed E-state index contributed by atoms with van der Waals surface area (Å²) in [6.45, 7) is 2.17. The molecule has 2 aliphatic rings. The van der Waals surface area contributed by atoms with Crippen molar-refractivity contribution in [1.82, 2.24) is 10.2 Å². The SMILES string of the molecule is Cl.N[C@H]1[C@@H]2CC[C@H]1CN(c1ccnnc1)C2. The van der Waals surface area contributed by atoms with E-state index in [0.717, 1.165) is 13.1 Å². The molecule has 0 amide bonds. The Labute approximate surface area is 102 Å². The molecule has 1 aliphatic heterocycles. The van der Waals surface area contributed by atoms with Crippen molar-refractivity contribution in [3.8, 4) is 0 Å². The van der Waals surface area contributed by atoms with Crippen molar-refractivity contribution in [3.05, 3.63) is 18.5 Å². The van der Waals surface area contributed by atoms with Crippen molar-refractivity contribution in [1.29, 1.82) is 0 Å². The van der Waals surface area contributed by atoms with Gasteiger partial charge in [-0.2, -0.15) is 10.2 Å². The van der Waals surface area contributed by atoms with Crippen LogP contribution in [0.25, 0.3) is 0 Å². The number of nitrogens with two attached hydrogens (primary N) is 1. The second-order valence-electron chi connectivity index (χ2n) is 4.68. The predicted molar refractivity (Wildman–Crippen MR) is 65.7 cm³/mol. The highest BCUT2D eigenvalue weighted by Crippen LogP contribution is 2.37. The topological polar surface area (TPSA) is 55.0 Å². The summed E-state index contributed by atoms with van der Waals surface area (Å²) in [4.78, 5) is 2.40. The van der Waals surface area contributed by atoms with Crippen LogP contribution in [-0.4, -0.2) is 29.3 Å². The van der Waals surface area contributed by atoms with Crippen molar-refractivity contribution in [3.63, 3.8) is 0 Å². The summed E-state index contributed by atoms with van der Waals surface area (Å²) in [5, 5.41) is 7.73. The molecule has 4 nitrogen and oxygen atoms in total. The van der Waals surface area contributed by atoms with Crippen LogP contribution < -0.4 is 10.6 Å². The minimum Gasteiger partial charge on any atom is -0.370 e. The smallest absolute Gasteiger partial charge is 0.0729 e. The van der Waals surface area contributed by atoms with E-state index in [1.165, 1.54) is 18.5 Å². The van der Waals surface area contributed by atoms with Gasteiger partial charge < -0.3 is 10.6 Å². The number of halogens is 1. The molecule has 2 bridgehead atoms. The van der Waals surface area contributed by atoms with E-state index in [0.29, 0.717) is 17.9 Å². The lowest BCUT2D eigenvalue weighted by Crippen LogP contribution is -2.48. The normalized spacial score (nSPS) is 32.3. The fraction of sp³-hybridized carbons (Fsp3) is 0.636. The van der Waals surface area contributed by atoms with Crippen molar-refractivity contribution >= 4 is 18.1 Å². The molecule has 1 aliphatic carbocycles. The molecule has 0 spiro atoms. The van der Waals surface area contributed by atoms with E-state index in [9.17, 15) is 0 Å². The van der Waals surface area contributed by atoms with E-state index in [-0.39, 0.29) is 12.4 Å². The molecule has 1 aromatic rings. The molecule has 5 heteroatoms. The predicted octanol–water partition coefficient (Wildman–Crippen LogP) is 1.07. The lowest BCUT2D eigenvalue weighted by Gasteiger charge is -2.37. The van der Waals surface area contributed by atoms with Gasteiger partial charge in [-0.3, -0.25) is 0 Å². The van der Waals surface area contributed by atoms with Gasteiger partial charge in [0.2, 0.25) is 0 Å². The number of rotatable bonds is 1. The highest BCUT2D eigenvalue weighted by molar-refractivity contribution is 5.85. The lowest BCUT2D eigenvalue weighted by atomic mass is 9.93. The van der Waals surface area contributed by atoms with E-state index in [2.05, 4.69) is 15.1 Å². The third kappa shape index (κ3) is 1.87. The molecule has 2 heterocycles. The molecule has 0 unspecified atom stereocenters. The minimum atomic E-state index is 0. The van der Waals surface area contributed by atoms with E-state index in [1.807, 2.05) is 12.3 Å². The first kappa shape index (κ1) is 11.6. The van der Waals surface area contributed by atoms with Crippen LogP contribution in [0.5, 0.6) is 0 Å². The lowest BCUT2D eigenvalue weighted by molar-refractivity contribution is 0.356. The van der Waals surface area contributed by atoms with Gasteiger partial charge in [0, 0.05) is 19.1 Å². The molecule has 2 N–H and O–H groups in total. The first-order valence-corrected chi connectivity index (χ1v) is 5.62. The van der Waals surface area contributed by atoms with Crippen LogP contribution in [0.3, 0.4) is 0 Å². The van der Waals surface area contributed by atoms with Crippen LogP contribution in [0.1, 0.15) is 12.8 Å². The van der Waals surface area contributed by atoms with Crippen molar-refractivity contribution in [2.75, 3.05) is 18.0 Å². The van der Waals surface area contributed by atoms with Crippen LogP contribution >= 0.6 is 12.4 Å². The average molecular weight is 241 g/mol. The number of fused-ring (bicyclic) bond motifs is 2. The standard InChI is InChI=1S/C11H16N4.ClH/c12-11-8-1-2-9(11)7-15(6-8)10-3-4-13-14-5-10;/h3-5,8-9,11H,1-2,6-7,12H2;1H/t8-,9+,11+;. The number of aromatic nitrogens is 2. The van der Waals surface area contributed by atoms with Gasteiger partial charge in [-0.1, -0.05) is 0 Å². The Hall–Kier alpha value is -0.870. The summed E-state index contributed by atoms with van der Waals surface area (Å²) >= 11 is 0. The first-order chi connectivity index (χ1) is 7.34. The fourth-order valence-corrected chi connectivity index (χ4v) is 2.95. The largest absolute Gasteiger partial charge is 0.370 e. The average Bonchev–Trinajstić information content (AvgIpc) is 2.54. The van der Waals surface area contributed by atoms with Gasteiger partial charge in [0.15, 0.2) is 0 Å². The highest BCUT2D eigenvalue weighted by atomic mass is 35.5. The summed E-state index contributed by atoms with van der Waals surface area (Å²) < 4.78 is 0. The van der Waals surface area contributed by atoms with Crippen LogP contribution in [0.2, 0.25) is 0 Å². The Morgan fingerprint density at radius 3 is 2.44 bits per heavy atom. The quantitative estimate of drug-likeness (QED) is 0.798. The monoisotopic (exact) mass is 240 g/mol. The first-order valence-electron chi connectivity index (χ1n) is 5.62. The van der Waals surface area contributed by atoms with Gasteiger partial charge in [-0.25, -0.2) is 0 Å². The van der Waals surface area contributed by atoms with Gasteiger partial charge in [-0.05, 0) is 30.7 Å². The van der Waals surface area contributed by atoms with Gasteiger partial charge in [0.25, 0.3) is 0 Å². The number of anilines is 1. The third-order valence-corrected chi connectivity index (χ3v) is 3.84. The number of nitrogens with zero attached hydrogens (tertiary/aromatic N) is 3. The summed E-state index contributed by atoms with van der Waals surface area (Å²) in [6, 6.07) is 2.46. The molecular weight excluding hydrogens is 224 g/mol. The number of hydrogen-bond acceptors (Lipinski definition) is 4. The Kier molecular flexibility index (Phi) is 3.30. The van der Waals surface area contributed by atoms with Gasteiger partial charge >= 0.3 is 0 Å². The molecule has 16 heavy (non-hydrogen) atoms. The Balaban J connectivity index is 0.000000963. The number of piperidine rings is 1. The molecular formula is C11H17ClN4. The maximum absolute atomic E-state index is 6.17. The zero-order valence-electron chi connectivity index (χ0n) is 9.12.